The van der Waals surface area contributed by atoms with Crippen molar-refractivity contribution in [2.24, 2.45) is 0 Å². The van der Waals surface area contributed by atoms with E-state index in [1.807, 2.05) is 23.9 Å². The molecular formula is C19H25N3O2. The molecule has 1 fully saturated rings. The number of aryl methyl sites for hydroxylation is 1. The molecule has 1 saturated carbocycles. The first-order valence-electron chi connectivity index (χ1n) is 8.35. The Balaban J connectivity index is 1.98. The number of anilines is 1. The molecule has 1 amide bonds. The van der Waals surface area contributed by atoms with Gasteiger partial charge in [-0.05, 0) is 37.5 Å². The van der Waals surface area contributed by atoms with Gasteiger partial charge in [-0.15, -0.1) is 0 Å². The summed E-state index contributed by atoms with van der Waals surface area (Å²) in [4.78, 5) is 21.2. The summed E-state index contributed by atoms with van der Waals surface area (Å²) in [5.41, 5.74) is 3.26. The summed E-state index contributed by atoms with van der Waals surface area (Å²) in [7, 11) is 5.55. The summed E-state index contributed by atoms with van der Waals surface area (Å²) < 4.78 is 5.04. The second-order valence-electron chi connectivity index (χ2n) is 6.75. The summed E-state index contributed by atoms with van der Waals surface area (Å²) in [5, 5.41) is 1.11. The van der Waals surface area contributed by atoms with Crippen molar-refractivity contribution in [3.63, 3.8) is 0 Å². The van der Waals surface area contributed by atoms with Crippen LogP contribution >= 0.6 is 0 Å². The molecule has 1 aromatic carbocycles. The van der Waals surface area contributed by atoms with Gasteiger partial charge in [-0.3, -0.25) is 4.79 Å². The molecule has 1 aliphatic rings. The number of aromatic nitrogens is 1. The van der Waals surface area contributed by atoms with E-state index in [9.17, 15) is 4.79 Å². The molecule has 0 atom stereocenters. The van der Waals surface area contributed by atoms with Crippen LogP contribution < -0.4 is 4.90 Å². The molecule has 5 heteroatoms. The van der Waals surface area contributed by atoms with E-state index >= 15 is 0 Å². The summed E-state index contributed by atoms with van der Waals surface area (Å²) >= 11 is 0. The maximum atomic E-state index is 12.4. The topological polar surface area (TPSA) is 45.7 Å². The summed E-state index contributed by atoms with van der Waals surface area (Å²) in [5.74, 6) is 0.970. The predicted octanol–water partition coefficient (Wildman–Crippen LogP) is 2.75. The minimum Gasteiger partial charge on any atom is -0.375 e. The standard InChI is InChI=1S/C19H25N3O2/c1-13-5-6-14-10-15(19(21(2)3)20-17(14)9-13)11-22(16-7-8-16)18(23)12-24-4/h5-6,9-10,16H,7-8,11-12H2,1-4H3. The van der Waals surface area contributed by atoms with Gasteiger partial charge in [-0.1, -0.05) is 12.1 Å². The fraction of sp³-hybridized carbons (Fsp3) is 0.474. The van der Waals surface area contributed by atoms with Crippen LogP contribution in [-0.4, -0.2) is 49.6 Å². The molecular weight excluding hydrogens is 302 g/mol. The SMILES string of the molecule is COCC(=O)N(Cc1cc2ccc(C)cc2nc1N(C)C)C1CC1. The van der Waals surface area contributed by atoms with Crippen molar-refractivity contribution in [1.82, 2.24) is 9.88 Å². The lowest BCUT2D eigenvalue weighted by molar-refractivity contribution is -0.136. The maximum Gasteiger partial charge on any atom is 0.249 e. The monoisotopic (exact) mass is 327 g/mol. The van der Waals surface area contributed by atoms with Gasteiger partial charge in [0, 0.05) is 44.7 Å². The summed E-state index contributed by atoms with van der Waals surface area (Å²) in [6.07, 6.45) is 2.15. The third kappa shape index (κ3) is 3.51. The third-order valence-electron chi connectivity index (χ3n) is 4.37. The van der Waals surface area contributed by atoms with E-state index in [-0.39, 0.29) is 12.5 Å². The molecule has 0 unspecified atom stereocenters. The molecule has 0 saturated heterocycles. The van der Waals surface area contributed by atoms with Crippen molar-refractivity contribution in [3.05, 3.63) is 35.4 Å². The van der Waals surface area contributed by atoms with Crippen LogP contribution in [0.4, 0.5) is 5.82 Å². The molecule has 0 bridgehead atoms. The van der Waals surface area contributed by atoms with Crippen LogP contribution in [0.25, 0.3) is 10.9 Å². The zero-order chi connectivity index (χ0) is 17.3. The Morgan fingerprint density at radius 2 is 2.04 bits per heavy atom. The largest absolute Gasteiger partial charge is 0.375 e. The van der Waals surface area contributed by atoms with Crippen molar-refractivity contribution < 1.29 is 9.53 Å². The zero-order valence-electron chi connectivity index (χ0n) is 14.9. The highest BCUT2D eigenvalue weighted by atomic mass is 16.5. The van der Waals surface area contributed by atoms with E-state index in [0.29, 0.717) is 12.6 Å². The Morgan fingerprint density at radius 1 is 1.29 bits per heavy atom. The molecule has 0 spiro atoms. The Labute approximate surface area is 143 Å². The Morgan fingerprint density at radius 3 is 2.67 bits per heavy atom. The van der Waals surface area contributed by atoms with Gasteiger partial charge in [0.05, 0.1) is 5.52 Å². The third-order valence-corrected chi connectivity index (χ3v) is 4.37. The zero-order valence-corrected chi connectivity index (χ0v) is 14.9. The molecule has 0 N–H and O–H groups in total. The van der Waals surface area contributed by atoms with Crippen molar-refractivity contribution in [2.45, 2.75) is 32.4 Å². The van der Waals surface area contributed by atoms with Gasteiger partial charge in [0.2, 0.25) is 5.91 Å². The number of fused-ring (bicyclic) bond motifs is 1. The van der Waals surface area contributed by atoms with Crippen molar-refractivity contribution >= 4 is 22.6 Å². The van der Waals surface area contributed by atoms with Crippen LogP contribution in [0.3, 0.4) is 0 Å². The minimum absolute atomic E-state index is 0.0497. The predicted molar refractivity (Wildman–Crippen MR) is 96.3 cm³/mol. The van der Waals surface area contributed by atoms with Gasteiger partial charge in [-0.25, -0.2) is 4.98 Å². The molecule has 1 aliphatic carbocycles. The number of amides is 1. The molecule has 24 heavy (non-hydrogen) atoms. The Bertz CT molecular complexity index is 754. The molecule has 1 heterocycles. The van der Waals surface area contributed by atoms with Gasteiger partial charge < -0.3 is 14.5 Å². The lowest BCUT2D eigenvalue weighted by atomic mass is 10.1. The number of pyridine rings is 1. The van der Waals surface area contributed by atoms with E-state index in [0.717, 1.165) is 35.1 Å². The number of carbonyl (C=O) groups is 1. The summed E-state index contributed by atoms with van der Waals surface area (Å²) in [6, 6.07) is 8.79. The van der Waals surface area contributed by atoms with E-state index in [1.165, 1.54) is 5.56 Å². The van der Waals surface area contributed by atoms with Gasteiger partial charge in [0.25, 0.3) is 0 Å². The van der Waals surface area contributed by atoms with Crippen LogP contribution in [0.15, 0.2) is 24.3 Å². The molecule has 3 rings (SSSR count). The number of ether oxygens (including phenoxy) is 1. The number of methoxy groups -OCH3 is 1. The van der Waals surface area contributed by atoms with Crippen LogP contribution in [-0.2, 0) is 16.1 Å². The maximum absolute atomic E-state index is 12.4. The van der Waals surface area contributed by atoms with Gasteiger partial charge in [0.1, 0.15) is 12.4 Å². The normalized spacial score (nSPS) is 14.0. The molecule has 128 valence electrons. The number of carbonyl (C=O) groups excluding carboxylic acids is 1. The average molecular weight is 327 g/mol. The Hall–Kier alpha value is -2.14. The van der Waals surface area contributed by atoms with Gasteiger partial charge >= 0.3 is 0 Å². The molecule has 2 aromatic rings. The lowest BCUT2D eigenvalue weighted by Gasteiger charge is -2.25. The van der Waals surface area contributed by atoms with Gasteiger partial charge in [0.15, 0.2) is 0 Å². The number of nitrogens with zero attached hydrogens (tertiary/aromatic N) is 3. The lowest BCUT2D eigenvalue weighted by Crippen LogP contribution is -2.35. The molecule has 0 aliphatic heterocycles. The van der Waals surface area contributed by atoms with Crippen LogP contribution in [0, 0.1) is 6.92 Å². The van der Waals surface area contributed by atoms with Crippen molar-refractivity contribution in [1.29, 1.82) is 0 Å². The molecule has 5 nitrogen and oxygen atoms in total. The van der Waals surface area contributed by atoms with E-state index in [2.05, 4.69) is 31.2 Å². The Kier molecular flexibility index (Phi) is 4.71. The first kappa shape index (κ1) is 16.7. The highest BCUT2D eigenvalue weighted by molar-refractivity contribution is 5.83. The van der Waals surface area contributed by atoms with E-state index in [4.69, 9.17) is 9.72 Å². The second kappa shape index (κ2) is 6.77. The van der Waals surface area contributed by atoms with Crippen LogP contribution in [0.2, 0.25) is 0 Å². The molecule has 1 aromatic heterocycles. The van der Waals surface area contributed by atoms with Crippen LogP contribution in [0.5, 0.6) is 0 Å². The first-order chi connectivity index (χ1) is 11.5. The number of rotatable bonds is 6. The van der Waals surface area contributed by atoms with Gasteiger partial charge in [-0.2, -0.15) is 0 Å². The fourth-order valence-electron chi connectivity index (χ4n) is 3.01. The smallest absolute Gasteiger partial charge is 0.249 e. The van der Waals surface area contributed by atoms with E-state index < -0.39 is 0 Å². The van der Waals surface area contributed by atoms with Crippen LogP contribution in [0.1, 0.15) is 24.0 Å². The highest BCUT2D eigenvalue weighted by Gasteiger charge is 2.33. The first-order valence-corrected chi connectivity index (χ1v) is 8.35. The number of benzene rings is 1. The average Bonchev–Trinajstić information content (AvgIpc) is 3.36. The summed E-state index contributed by atoms with van der Waals surface area (Å²) in [6.45, 7) is 2.79. The minimum atomic E-state index is 0.0497. The second-order valence-corrected chi connectivity index (χ2v) is 6.75. The van der Waals surface area contributed by atoms with Crippen molar-refractivity contribution in [3.8, 4) is 0 Å². The number of hydrogen-bond donors (Lipinski definition) is 0. The number of hydrogen-bond acceptors (Lipinski definition) is 4. The highest BCUT2D eigenvalue weighted by Crippen LogP contribution is 2.31. The fourth-order valence-corrected chi connectivity index (χ4v) is 3.01. The van der Waals surface area contributed by atoms with E-state index in [1.54, 1.807) is 7.11 Å². The van der Waals surface area contributed by atoms with Crippen molar-refractivity contribution in [2.75, 3.05) is 32.7 Å². The molecule has 0 radical (unpaired) electrons. The quantitative estimate of drug-likeness (QED) is 0.818.